The van der Waals surface area contributed by atoms with E-state index in [4.69, 9.17) is 17.3 Å². The summed E-state index contributed by atoms with van der Waals surface area (Å²) in [4.78, 5) is 2.10. The molecule has 0 amide bonds. The molecule has 0 aliphatic heterocycles. The highest BCUT2D eigenvalue weighted by atomic mass is 35.5. The van der Waals surface area contributed by atoms with Crippen LogP contribution in [-0.4, -0.2) is 40.5 Å². The minimum Gasteiger partial charge on any atom is -0.326 e. The summed E-state index contributed by atoms with van der Waals surface area (Å²) in [7, 11) is 0.202. The lowest BCUT2D eigenvalue weighted by molar-refractivity contribution is 0.412. The summed E-state index contributed by atoms with van der Waals surface area (Å²) in [5.41, 5.74) is 6.97. The molecule has 108 valence electrons. The molecule has 0 bridgehead atoms. The molecule has 19 heavy (non-hydrogen) atoms. The van der Waals surface area contributed by atoms with Crippen LogP contribution in [0.2, 0.25) is 5.02 Å². The first-order chi connectivity index (χ1) is 8.77. The lowest BCUT2D eigenvalue weighted by atomic mass is 10.1. The van der Waals surface area contributed by atoms with Crippen LogP contribution in [-0.2, 0) is 16.6 Å². The van der Waals surface area contributed by atoms with E-state index in [1.54, 1.807) is 13.0 Å². The fourth-order valence-electron chi connectivity index (χ4n) is 1.68. The van der Waals surface area contributed by atoms with Gasteiger partial charge in [-0.15, -0.1) is 0 Å². The van der Waals surface area contributed by atoms with E-state index < -0.39 is 10.0 Å². The van der Waals surface area contributed by atoms with Crippen LogP contribution < -0.4 is 10.5 Å². The molecule has 0 saturated heterocycles. The van der Waals surface area contributed by atoms with Gasteiger partial charge in [0.05, 0.1) is 4.90 Å². The number of halogens is 1. The van der Waals surface area contributed by atoms with Crippen molar-refractivity contribution < 1.29 is 8.42 Å². The zero-order valence-corrected chi connectivity index (χ0v) is 13.0. The quantitative estimate of drug-likeness (QED) is 0.820. The molecule has 7 heteroatoms. The molecule has 3 N–H and O–H groups in total. The molecule has 0 saturated carbocycles. The van der Waals surface area contributed by atoms with Crippen LogP contribution in [0.5, 0.6) is 0 Å². The van der Waals surface area contributed by atoms with Gasteiger partial charge in [-0.05, 0) is 44.3 Å². The van der Waals surface area contributed by atoms with Gasteiger partial charge in [0.25, 0.3) is 0 Å². The Morgan fingerprint density at radius 2 is 2.00 bits per heavy atom. The summed E-state index contributed by atoms with van der Waals surface area (Å²) in [5, 5.41) is 0.374. The monoisotopic (exact) mass is 305 g/mol. The number of nitrogens with one attached hydrogen (secondary N) is 1. The molecule has 0 radical (unpaired) electrons. The summed E-state index contributed by atoms with van der Waals surface area (Å²) in [6, 6.07) is 3.14. The van der Waals surface area contributed by atoms with Gasteiger partial charge in [-0.2, -0.15) is 0 Å². The Bertz CT molecular complexity index is 544. The Labute approximate surface area is 119 Å². The van der Waals surface area contributed by atoms with Crippen LogP contribution in [0.4, 0.5) is 0 Å². The Balaban J connectivity index is 3.04. The maximum absolute atomic E-state index is 12.2. The van der Waals surface area contributed by atoms with Gasteiger partial charge >= 0.3 is 0 Å². The number of hydrogen-bond donors (Lipinski definition) is 2. The van der Waals surface area contributed by atoms with Gasteiger partial charge in [0.2, 0.25) is 10.0 Å². The van der Waals surface area contributed by atoms with E-state index in [1.165, 1.54) is 6.07 Å². The highest BCUT2D eigenvalue weighted by Gasteiger charge is 2.19. The van der Waals surface area contributed by atoms with E-state index in [-0.39, 0.29) is 11.4 Å². The molecule has 0 aliphatic rings. The predicted molar refractivity (Wildman–Crippen MR) is 77.8 cm³/mol. The third-order valence-corrected chi connectivity index (χ3v) is 4.60. The molecule has 0 fully saturated rings. The van der Waals surface area contributed by atoms with Crippen molar-refractivity contribution >= 4 is 21.6 Å². The van der Waals surface area contributed by atoms with Gasteiger partial charge in [0.1, 0.15) is 0 Å². The second-order valence-corrected chi connectivity index (χ2v) is 6.77. The maximum atomic E-state index is 12.2. The number of hydrogen-bond acceptors (Lipinski definition) is 4. The third kappa shape index (κ3) is 4.43. The second kappa shape index (κ2) is 6.67. The van der Waals surface area contributed by atoms with Crippen molar-refractivity contribution in [3.63, 3.8) is 0 Å². The van der Waals surface area contributed by atoms with Crippen molar-refractivity contribution in [2.24, 2.45) is 5.73 Å². The Morgan fingerprint density at radius 1 is 1.37 bits per heavy atom. The number of nitrogens with zero attached hydrogens (tertiary/aromatic N) is 1. The minimum absolute atomic E-state index is 0.194. The van der Waals surface area contributed by atoms with Crippen LogP contribution in [0.15, 0.2) is 17.0 Å². The Hall–Kier alpha value is -0.660. The van der Waals surface area contributed by atoms with Gasteiger partial charge in [0, 0.05) is 24.7 Å². The molecule has 0 spiro atoms. The van der Waals surface area contributed by atoms with Crippen LogP contribution in [0, 0.1) is 6.92 Å². The third-order valence-electron chi connectivity index (χ3n) is 2.79. The molecule has 1 aromatic rings. The summed E-state index contributed by atoms with van der Waals surface area (Å²) >= 11 is 5.94. The molecule has 1 rings (SSSR count). The summed E-state index contributed by atoms with van der Waals surface area (Å²) in [6.45, 7) is 2.97. The second-order valence-electron chi connectivity index (χ2n) is 4.59. The van der Waals surface area contributed by atoms with Crippen LogP contribution in [0.3, 0.4) is 0 Å². The zero-order valence-electron chi connectivity index (χ0n) is 11.4. The fourth-order valence-corrected chi connectivity index (χ4v) is 3.32. The molecule has 0 aliphatic carbocycles. The van der Waals surface area contributed by atoms with Crippen molar-refractivity contribution in [3.05, 3.63) is 28.3 Å². The van der Waals surface area contributed by atoms with Crippen molar-refractivity contribution in [3.8, 4) is 0 Å². The number of likely N-dealkylation sites (N-methyl/N-ethyl adjacent to an activating group) is 1. The molecule has 0 atom stereocenters. The number of sulfonamides is 1. The molecule has 5 nitrogen and oxygen atoms in total. The van der Waals surface area contributed by atoms with E-state index in [1.807, 2.05) is 19.0 Å². The number of nitrogens with two attached hydrogens (primary N) is 1. The van der Waals surface area contributed by atoms with Gasteiger partial charge in [-0.1, -0.05) is 11.6 Å². The average Bonchev–Trinajstić information content (AvgIpc) is 2.30. The van der Waals surface area contributed by atoms with Crippen molar-refractivity contribution in [1.82, 2.24) is 9.62 Å². The van der Waals surface area contributed by atoms with Crippen molar-refractivity contribution in [2.75, 3.05) is 27.2 Å². The first kappa shape index (κ1) is 16.4. The fraction of sp³-hybridized carbons (Fsp3) is 0.500. The first-order valence-electron chi connectivity index (χ1n) is 5.91. The Kier molecular flexibility index (Phi) is 5.76. The minimum atomic E-state index is -3.56. The van der Waals surface area contributed by atoms with E-state index >= 15 is 0 Å². The summed E-state index contributed by atoms with van der Waals surface area (Å²) < 4.78 is 27.0. The molecule has 1 aromatic carbocycles. The van der Waals surface area contributed by atoms with E-state index in [0.717, 1.165) is 5.56 Å². The largest absolute Gasteiger partial charge is 0.326 e. The normalized spacial score (nSPS) is 12.1. The molecule has 0 heterocycles. The van der Waals surface area contributed by atoms with E-state index in [0.29, 0.717) is 23.7 Å². The van der Waals surface area contributed by atoms with Crippen molar-refractivity contribution in [1.29, 1.82) is 0 Å². The molecular weight excluding hydrogens is 286 g/mol. The predicted octanol–water partition coefficient (Wildman–Crippen LogP) is 0.947. The van der Waals surface area contributed by atoms with Gasteiger partial charge in [-0.25, -0.2) is 13.1 Å². The first-order valence-corrected chi connectivity index (χ1v) is 7.77. The molecular formula is C12H20ClN3O2S. The summed E-state index contributed by atoms with van der Waals surface area (Å²) in [6.07, 6.45) is 0. The lowest BCUT2D eigenvalue weighted by Crippen LogP contribution is -2.32. The number of rotatable bonds is 6. The SMILES string of the molecule is Cc1c(CN)cc(Cl)cc1S(=O)(=O)NCCN(C)C. The zero-order chi connectivity index (χ0) is 14.6. The average molecular weight is 306 g/mol. The van der Waals surface area contributed by atoms with Crippen LogP contribution >= 0.6 is 11.6 Å². The van der Waals surface area contributed by atoms with E-state index in [2.05, 4.69) is 4.72 Å². The lowest BCUT2D eigenvalue weighted by Gasteiger charge is -2.14. The Morgan fingerprint density at radius 3 is 2.53 bits per heavy atom. The van der Waals surface area contributed by atoms with Gasteiger partial charge < -0.3 is 10.6 Å². The summed E-state index contributed by atoms with van der Waals surface area (Å²) in [5.74, 6) is 0. The standard InChI is InChI=1S/C12H20ClN3O2S/c1-9-10(8-14)6-11(13)7-12(9)19(17,18)15-4-5-16(2)3/h6-7,15H,4-5,8,14H2,1-3H3. The maximum Gasteiger partial charge on any atom is 0.240 e. The molecule has 0 aromatic heterocycles. The van der Waals surface area contributed by atoms with Crippen LogP contribution in [0.1, 0.15) is 11.1 Å². The topological polar surface area (TPSA) is 75.4 Å². The van der Waals surface area contributed by atoms with Gasteiger partial charge in [0.15, 0.2) is 0 Å². The van der Waals surface area contributed by atoms with Crippen molar-refractivity contribution in [2.45, 2.75) is 18.4 Å². The van der Waals surface area contributed by atoms with Gasteiger partial charge in [-0.3, -0.25) is 0 Å². The van der Waals surface area contributed by atoms with E-state index in [9.17, 15) is 8.42 Å². The highest BCUT2D eigenvalue weighted by molar-refractivity contribution is 7.89. The van der Waals surface area contributed by atoms with Crippen LogP contribution in [0.25, 0.3) is 0 Å². The molecule has 0 unspecified atom stereocenters. The highest BCUT2D eigenvalue weighted by Crippen LogP contribution is 2.24. The number of benzene rings is 1. The smallest absolute Gasteiger partial charge is 0.240 e.